The average molecular weight is 320 g/mol. The number of β-amino-alcohol motifs (C(OH)–C–C–N with tert-alkyl or cyclic N) is 1. The highest BCUT2D eigenvalue weighted by Crippen LogP contribution is 2.20. The number of aryl methyl sites for hydroxylation is 1. The van der Waals surface area contributed by atoms with Gasteiger partial charge in [-0.3, -0.25) is 9.58 Å². The summed E-state index contributed by atoms with van der Waals surface area (Å²) in [5.74, 6) is 0.851. The van der Waals surface area contributed by atoms with Gasteiger partial charge in [0.1, 0.15) is 0 Å². The number of piperidine rings is 1. The van der Waals surface area contributed by atoms with Crippen molar-refractivity contribution in [1.29, 1.82) is 0 Å². The molecule has 1 aromatic heterocycles. The van der Waals surface area contributed by atoms with E-state index >= 15 is 0 Å². The molecule has 1 aromatic rings. The molecule has 5 nitrogen and oxygen atoms in total. The van der Waals surface area contributed by atoms with Crippen LogP contribution in [0.3, 0.4) is 0 Å². The molecule has 0 bridgehead atoms. The Morgan fingerprint density at radius 1 is 1.22 bits per heavy atom. The van der Waals surface area contributed by atoms with E-state index in [9.17, 15) is 5.11 Å². The lowest BCUT2D eigenvalue weighted by molar-refractivity contribution is 0.0553. The van der Waals surface area contributed by atoms with E-state index in [0.717, 1.165) is 45.2 Å². The Balaban J connectivity index is 1.46. The molecule has 3 heterocycles. The molecule has 2 saturated heterocycles. The Labute approximate surface area is 140 Å². The predicted molar refractivity (Wildman–Crippen MR) is 92.4 cm³/mol. The van der Waals surface area contributed by atoms with E-state index in [1.807, 2.05) is 6.20 Å². The number of likely N-dealkylation sites (tertiary alicyclic amines) is 2. The van der Waals surface area contributed by atoms with Crippen LogP contribution in [0, 0.1) is 12.8 Å². The van der Waals surface area contributed by atoms with Crippen LogP contribution in [0.4, 0.5) is 0 Å². The van der Waals surface area contributed by atoms with Crippen LogP contribution in [-0.2, 0) is 6.54 Å². The normalized spacial score (nSPS) is 26.0. The molecular weight excluding hydrogens is 288 g/mol. The molecule has 0 spiro atoms. The first kappa shape index (κ1) is 16.9. The molecule has 0 aliphatic carbocycles. The van der Waals surface area contributed by atoms with Crippen LogP contribution in [-0.4, -0.2) is 69.6 Å². The molecule has 130 valence electrons. The second kappa shape index (κ2) is 7.77. The Morgan fingerprint density at radius 3 is 2.70 bits per heavy atom. The minimum Gasteiger partial charge on any atom is -0.390 e. The standard InChI is InChI=1S/C18H32N4O/c1-15-5-8-20(9-6-15)13-18(23)14-21-7-3-4-17(21)12-22-11-16(2)10-19-22/h10-11,15,17-18,23H,3-9,12-14H2,1-2H3/t17-,18+/m1/s1. The number of aliphatic hydroxyl groups is 1. The van der Waals surface area contributed by atoms with Crippen LogP contribution in [0.5, 0.6) is 0 Å². The largest absolute Gasteiger partial charge is 0.390 e. The molecule has 0 saturated carbocycles. The zero-order valence-electron chi connectivity index (χ0n) is 14.7. The van der Waals surface area contributed by atoms with Crippen molar-refractivity contribution < 1.29 is 5.11 Å². The topological polar surface area (TPSA) is 44.5 Å². The van der Waals surface area contributed by atoms with Crippen molar-refractivity contribution in [1.82, 2.24) is 19.6 Å². The first-order chi connectivity index (χ1) is 11.1. The zero-order chi connectivity index (χ0) is 16.2. The summed E-state index contributed by atoms with van der Waals surface area (Å²) in [6.45, 7) is 10.4. The molecule has 23 heavy (non-hydrogen) atoms. The molecule has 0 amide bonds. The van der Waals surface area contributed by atoms with Gasteiger partial charge in [-0.15, -0.1) is 0 Å². The first-order valence-corrected chi connectivity index (χ1v) is 9.23. The number of aliphatic hydroxyl groups excluding tert-OH is 1. The Hall–Kier alpha value is -0.910. The van der Waals surface area contributed by atoms with Gasteiger partial charge in [0.25, 0.3) is 0 Å². The molecule has 0 radical (unpaired) electrons. The van der Waals surface area contributed by atoms with Gasteiger partial charge in [0.15, 0.2) is 0 Å². The van der Waals surface area contributed by atoms with Crippen molar-refractivity contribution in [3.05, 3.63) is 18.0 Å². The highest BCUT2D eigenvalue weighted by atomic mass is 16.3. The number of hydrogen-bond donors (Lipinski definition) is 1. The first-order valence-electron chi connectivity index (χ1n) is 9.23. The fraction of sp³-hybridized carbons (Fsp3) is 0.833. The second-order valence-corrected chi connectivity index (χ2v) is 7.67. The fourth-order valence-corrected chi connectivity index (χ4v) is 4.00. The van der Waals surface area contributed by atoms with Crippen LogP contribution in [0.15, 0.2) is 12.4 Å². The van der Waals surface area contributed by atoms with Crippen molar-refractivity contribution in [3.8, 4) is 0 Å². The van der Waals surface area contributed by atoms with Gasteiger partial charge in [0, 0.05) is 25.3 Å². The molecule has 2 aliphatic rings. The molecule has 0 unspecified atom stereocenters. The second-order valence-electron chi connectivity index (χ2n) is 7.67. The van der Waals surface area contributed by atoms with E-state index in [4.69, 9.17) is 0 Å². The highest BCUT2D eigenvalue weighted by molar-refractivity contribution is 5.00. The lowest BCUT2D eigenvalue weighted by Gasteiger charge is -2.33. The summed E-state index contributed by atoms with van der Waals surface area (Å²) in [4.78, 5) is 4.90. The smallest absolute Gasteiger partial charge is 0.0793 e. The van der Waals surface area contributed by atoms with E-state index < -0.39 is 0 Å². The molecule has 2 fully saturated rings. The molecule has 5 heteroatoms. The number of aromatic nitrogens is 2. The van der Waals surface area contributed by atoms with Crippen LogP contribution < -0.4 is 0 Å². The third-order valence-electron chi connectivity index (χ3n) is 5.45. The molecule has 2 aliphatic heterocycles. The fourth-order valence-electron chi connectivity index (χ4n) is 4.00. The minimum absolute atomic E-state index is 0.233. The maximum Gasteiger partial charge on any atom is 0.0793 e. The Bertz CT molecular complexity index is 481. The monoisotopic (exact) mass is 320 g/mol. The van der Waals surface area contributed by atoms with Crippen molar-refractivity contribution in [2.24, 2.45) is 5.92 Å². The van der Waals surface area contributed by atoms with E-state index in [1.165, 1.54) is 31.2 Å². The van der Waals surface area contributed by atoms with Crippen molar-refractivity contribution in [2.45, 2.75) is 58.2 Å². The van der Waals surface area contributed by atoms with Gasteiger partial charge in [-0.05, 0) is 63.7 Å². The van der Waals surface area contributed by atoms with Crippen LogP contribution in [0.2, 0.25) is 0 Å². The summed E-state index contributed by atoms with van der Waals surface area (Å²) in [5, 5.41) is 14.9. The lowest BCUT2D eigenvalue weighted by Crippen LogP contribution is -2.45. The Morgan fingerprint density at radius 2 is 2.00 bits per heavy atom. The molecule has 2 atom stereocenters. The van der Waals surface area contributed by atoms with Gasteiger partial charge in [-0.1, -0.05) is 6.92 Å². The van der Waals surface area contributed by atoms with Gasteiger partial charge in [0.2, 0.25) is 0 Å². The van der Waals surface area contributed by atoms with Crippen molar-refractivity contribution in [2.75, 3.05) is 32.7 Å². The summed E-state index contributed by atoms with van der Waals surface area (Å²) >= 11 is 0. The van der Waals surface area contributed by atoms with Crippen LogP contribution in [0.1, 0.15) is 38.2 Å². The molecule has 0 aromatic carbocycles. The van der Waals surface area contributed by atoms with E-state index in [-0.39, 0.29) is 6.10 Å². The summed E-state index contributed by atoms with van der Waals surface area (Å²) in [7, 11) is 0. The summed E-state index contributed by atoms with van der Waals surface area (Å²) < 4.78 is 2.05. The molecular formula is C18H32N4O. The van der Waals surface area contributed by atoms with Crippen molar-refractivity contribution >= 4 is 0 Å². The van der Waals surface area contributed by atoms with Crippen LogP contribution >= 0.6 is 0 Å². The lowest BCUT2D eigenvalue weighted by atomic mass is 9.99. The van der Waals surface area contributed by atoms with E-state index in [2.05, 4.69) is 39.6 Å². The third-order valence-corrected chi connectivity index (χ3v) is 5.45. The average Bonchev–Trinajstić information content (AvgIpc) is 3.11. The van der Waals surface area contributed by atoms with Gasteiger partial charge in [0.05, 0.1) is 18.8 Å². The molecule has 3 rings (SSSR count). The van der Waals surface area contributed by atoms with Gasteiger partial charge in [-0.2, -0.15) is 5.10 Å². The van der Waals surface area contributed by atoms with Crippen molar-refractivity contribution in [3.63, 3.8) is 0 Å². The SMILES string of the molecule is Cc1cnn(C[C@H]2CCCN2C[C@@H](O)CN2CCC(C)CC2)c1. The van der Waals surface area contributed by atoms with Gasteiger partial charge >= 0.3 is 0 Å². The third kappa shape index (κ3) is 4.78. The Kier molecular flexibility index (Phi) is 5.72. The highest BCUT2D eigenvalue weighted by Gasteiger charge is 2.27. The number of nitrogens with zero attached hydrogens (tertiary/aromatic N) is 4. The predicted octanol–water partition coefficient (Wildman–Crippen LogP) is 1.75. The van der Waals surface area contributed by atoms with E-state index in [1.54, 1.807) is 0 Å². The summed E-state index contributed by atoms with van der Waals surface area (Å²) in [5.41, 5.74) is 1.22. The maximum atomic E-state index is 10.5. The number of rotatable bonds is 6. The summed E-state index contributed by atoms with van der Waals surface area (Å²) in [6.07, 6.45) is 8.80. The van der Waals surface area contributed by atoms with Gasteiger partial charge in [-0.25, -0.2) is 0 Å². The molecule has 1 N–H and O–H groups in total. The summed E-state index contributed by atoms with van der Waals surface area (Å²) in [6, 6.07) is 0.519. The quantitative estimate of drug-likeness (QED) is 0.867. The van der Waals surface area contributed by atoms with Gasteiger partial charge < -0.3 is 10.0 Å². The minimum atomic E-state index is -0.233. The number of hydrogen-bond acceptors (Lipinski definition) is 4. The van der Waals surface area contributed by atoms with Crippen LogP contribution in [0.25, 0.3) is 0 Å². The zero-order valence-corrected chi connectivity index (χ0v) is 14.7. The maximum absolute atomic E-state index is 10.5. The van der Waals surface area contributed by atoms with E-state index in [0.29, 0.717) is 6.04 Å².